The van der Waals surface area contributed by atoms with Crippen LogP contribution in [0.3, 0.4) is 0 Å². The Bertz CT molecular complexity index is 945. The minimum absolute atomic E-state index is 0.00972. The van der Waals surface area contributed by atoms with Gasteiger partial charge in [0.1, 0.15) is 11.4 Å². The third-order valence-electron chi connectivity index (χ3n) is 4.61. The molecule has 0 amide bonds. The zero-order valence-electron chi connectivity index (χ0n) is 13.6. The van der Waals surface area contributed by atoms with Gasteiger partial charge in [-0.25, -0.2) is 9.78 Å². The first-order valence-electron chi connectivity index (χ1n) is 8.17. The Morgan fingerprint density at radius 2 is 2.00 bits per heavy atom. The maximum absolute atomic E-state index is 11.3. The number of hydrogen-bond donors (Lipinski definition) is 2. The molecule has 3 aromatic rings. The van der Waals surface area contributed by atoms with Crippen LogP contribution in [0.2, 0.25) is 0 Å². The Balaban J connectivity index is 1.73. The molecule has 128 valence electrons. The van der Waals surface area contributed by atoms with E-state index in [1.807, 2.05) is 24.4 Å². The third kappa shape index (κ3) is 2.83. The highest BCUT2D eigenvalue weighted by Crippen LogP contribution is 2.29. The van der Waals surface area contributed by atoms with E-state index in [9.17, 15) is 9.90 Å². The molecule has 0 atom stereocenters. The van der Waals surface area contributed by atoms with Crippen LogP contribution in [0.4, 0.5) is 5.82 Å². The number of fused-ring (bicyclic) bond motifs is 1. The second kappa shape index (κ2) is 6.18. The number of pyridine rings is 1. The number of hydrogen-bond acceptors (Lipinski definition) is 5. The number of ether oxygens (including phenoxy) is 1. The predicted octanol–water partition coefficient (Wildman–Crippen LogP) is 2.73. The maximum atomic E-state index is 11.3. The van der Waals surface area contributed by atoms with Crippen molar-refractivity contribution in [1.82, 2.24) is 14.8 Å². The first kappa shape index (κ1) is 15.6. The zero-order chi connectivity index (χ0) is 17.4. The van der Waals surface area contributed by atoms with Crippen LogP contribution in [0, 0.1) is 0 Å². The summed E-state index contributed by atoms with van der Waals surface area (Å²) in [7, 11) is 0. The quantitative estimate of drug-likeness (QED) is 0.761. The van der Waals surface area contributed by atoms with Crippen LogP contribution in [0.25, 0.3) is 22.0 Å². The number of aromatic nitrogens is 3. The van der Waals surface area contributed by atoms with E-state index < -0.39 is 5.97 Å². The molecular weight excluding hydrogens is 320 g/mol. The lowest BCUT2D eigenvalue weighted by atomic mass is 10.0. The van der Waals surface area contributed by atoms with Crippen molar-refractivity contribution >= 4 is 22.7 Å². The second-order valence-corrected chi connectivity index (χ2v) is 6.17. The Morgan fingerprint density at radius 3 is 2.76 bits per heavy atom. The van der Waals surface area contributed by atoms with Gasteiger partial charge in [0.15, 0.2) is 0 Å². The summed E-state index contributed by atoms with van der Waals surface area (Å²) >= 11 is 0. The van der Waals surface area contributed by atoms with Gasteiger partial charge in [-0.1, -0.05) is 6.07 Å². The molecule has 7 heteroatoms. The highest BCUT2D eigenvalue weighted by molar-refractivity contribution is 5.94. The van der Waals surface area contributed by atoms with E-state index in [2.05, 4.69) is 14.8 Å². The highest BCUT2D eigenvalue weighted by atomic mass is 16.5. The minimum Gasteiger partial charge on any atom is -0.478 e. The lowest BCUT2D eigenvalue weighted by molar-refractivity contribution is 0.0674. The van der Waals surface area contributed by atoms with Crippen molar-refractivity contribution in [3.05, 3.63) is 42.2 Å². The molecule has 0 unspecified atom stereocenters. The van der Waals surface area contributed by atoms with Crippen molar-refractivity contribution in [2.24, 2.45) is 0 Å². The number of aromatic carboxylic acids is 1. The molecule has 1 aliphatic rings. The smallest absolute Gasteiger partial charge is 0.339 e. The fourth-order valence-electron chi connectivity index (χ4n) is 3.26. The number of anilines is 1. The van der Waals surface area contributed by atoms with Crippen LogP contribution in [-0.2, 0) is 4.74 Å². The predicted molar refractivity (Wildman–Crippen MR) is 93.4 cm³/mol. The molecule has 7 nitrogen and oxygen atoms in total. The molecule has 0 spiro atoms. The highest BCUT2D eigenvalue weighted by Gasteiger charge is 2.18. The van der Waals surface area contributed by atoms with E-state index in [0.717, 1.165) is 42.5 Å². The number of nitrogens with zero attached hydrogens (tertiary/aromatic N) is 3. The fraction of sp³-hybridized carbons (Fsp3) is 0.278. The van der Waals surface area contributed by atoms with Crippen LogP contribution in [0.15, 0.2) is 36.7 Å². The lowest BCUT2D eigenvalue weighted by Crippen LogP contribution is -2.20. The summed E-state index contributed by atoms with van der Waals surface area (Å²) in [4.78, 5) is 15.3. The van der Waals surface area contributed by atoms with Gasteiger partial charge in [-0.15, -0.1) is 0 Å². The molecule has 1 saturated heterocycles. The first-order chi connectivity index (χ1) is 12.1. The van der Waals surface area contributed by atoms with Crippen molar-refractivity contribution in [3.8, 4) is 11.1 Å². The van der Waals surface area contributed by atoms with Gasteiger partial charge >= 0.3 is 5.97 Å². The van der Waals surface area contributed by atoms with E-state index in [0.29, 0.717) is 11.6 Å². The molecule has 2 aromatic heterocycles. The number of rotatable bonds is 3. The largest absolute Gasteiger partial charge is 0.478 e. The van der Waals surface area contributed by atoms with Crippen LogP contribution in [-0.4, -0.2) is 39.1 Å². The van der Waals surface area contributed by atoms with Gasteiger partial charge in [0.05, 0.1) is 17.8 Å². The van der Waals surface area contributed by atoms with E-state index in [1.54, 1.807) is 12.3 Å². The van der Waals surface area contributed by atoms with Crippen molar-refractivity contribution in [3.63, 3.8) is 0 Å². The monoisotopic (exact) mass is 338 g/mol. The number of benzene rings is 1. The van der Waals surface area contributed by atoms with Crippen molar-refractivity contribution in [2.75, 3.05) is 18.9 Å². The average Bonchev–Trinajstić information content (AvgIpc) is 3.06. The lowest BCUT2D eigenvalue weighted by Gasteiger charge is -2.23. The Morgan fingerprint density at radius 1 is 1.20 bits per heavy atom. The van der Waals surface area contributed by atoms with Gasteiger partial charge in [0.25, 0.3) is 0 Å². The molecule has 4 rings (SSSR count). The van der Waals surface area contributed by atoms with Crippen molar-refractivity contribution in [2.45, 2.75) is 18.9 Å². The summed E-state index contributed by atoms with van der Waals surface area (Å²) in [6.07, 6.45) is 5.35. The summed E-state index contributed by atoms with van der Waals surface area (Å²) in [5.41, 5.74) is 8.30. The molecule has 1 aliphatic heterocycles. The van der Waals surface area contributed by atoms with Crippen LogP contribution in [0.5, 0.6) is 0 Å². The van der Waals surface area contributed by atoms with Crippen LogP contribution >= 0.6 is 0 Å². The van der Waals surface area contributed by atoms with Gasteiger partial charge < -0.3 is 15.6 Å². The summed E-state index contributed by atoms with van der Waals surface area (Å²) in [6.45, 7) is 1.53. The van der Waals surface area contributed by atoms with Crippen molar-refractivity contribution in [1.29, 1.82) is 0 Å². The molecular formula is C18H18N4O3. The maximum Gasteiger partial charge on any atom is 0.339 e. The van der Waals surface area contributed by atoms with Gasteiger partial charge in [-0.05, 0) is 36.6 Å². The fourth-order valence-corrected chi connectivity index (χ4v) is 3.26. The molecule has 0 aliphatic carbocycles. The first-order valence-corrected chi connectivity index (χ1v) is 8.17. The Kier molecular flexibility index (Phi) is 3.85. The molecule has 3 heterocycles. The SMILES string of the molecule is Nc1ncc(-c2ccc3c(cnn3C3CCOCC3)c2)cc1C(=O)O. The van der Waals surface area contributed by atoms with Gasteiger partial charge in [0.2, 0.25) is 0 Å². The number of carboxylic acid groups (broad SMARTS) is 1. The molecule has 25 heavy (non-hydrogen) atoms. The molecule has 0 radical (unpaired) electrons. The number of nitrogens with two attached hydrogens (primary N) is 1. The number of carbonyl (C=O) groups is 1. The van der Waals surface area contributed by atoms with E-state index in [1.165, 1.54) is 0 Å². The summed E-state index contributed by atoms with van der Waals surface area (Å²) in [6, 6.07) is 7.88. The van der Waals surface area contributed by atoms with Gasteiger partial charge in [-0.2, -0.15) is 5.10 Å². The minimum atomic E-state index is -1.08. The molecule has 0 saturated carbocycles. The molecule has 1 fully saturated rings. The van der Waals surface area contributed by atoms with Crippen LogP contribution < -0.4 is 5.73 Å². The van der Waals surface area contributed by atoms with Crippen molar-refractivity contribution < 1.29 is 14.6 Å². The van der Waals surface area contributed by atoms with Gasteiger partial charge in [-0.3, -0.25) is 4.68 Å². The molecule has 3 N–H and O–H groups in total. The zero-order valence-corrected chi connectivity index (χ0v) is 13.6. The third-order valence-corrected chi connectivity index (χ3v) is 4.61. The van der Waals surface area contributed by atoms with Crippen LogP contribution in [0.1, 0.15) is 29.2 Å². The summed E-state index contributed by atoms with van der Waals surface area (Å²) < 4.78 is 7.48. The normalized spacial score (nSPS) is 15.5. The number of carboxylic acids is 1. The number of nitrogen functional groups attached to an aromatic ring is 1. The topological polar surface area (TPSA) is 103 Å². The molecule has 0 bridgehead atoms. The Hall–Kier alpha value is -2.93. The summed E-state index contributed by atoms with van der Waals surface area (Å²) in [5, 5.41) is 14.8. The van der Waals surface area contributed by atoms with E-state index >= 15 is 0 Å². The summed E-state index contributed by atoms with van der Waals surface area (Å²) in [5.74, 6) is -1.06. The van der Waals surface area contributed by atoms with E-state index in [4.69, 9.17) is 10.5 Å². The molecule has 1 aromatic carbocycles. The van der Waals surface area contributed by atoms with Gasteiger partial charge in [0, 0.05) is 30.4 Å². The Labute approximate surface area is 144 Å². The average molecular weight is 338 g/mol. The standard InChI is InChI=1S/C18H18N4O3/c19-17-15(18(23)24)8-12(9-20-17)11-1-2-16-13(7-11)10-21-22(16)14-3-5-25-6-4-14/h1-2,7-10,14H,3-6H2,(H2,19,20)(H,23,24). The second-order valence-electron chi connectivity index (χ2n) is 6.17. The van der Waals surface area contributed by atoms with E-state index in [-0.39, 0.29) is 11.4 Å².